The number of carbonyl (C=O) groups is 1. The third-order valence-corrected chi connectivity index (χ3v) is 5.66. The van der Waals surface area contributed by atoms with Crippen LogP contribution in [0.5, 0.6) is 0 Å². The maximum Gasteiger partial charge on any atom is 0.280 e. The largest absolute Gasteiger partial charge is 0.330 e. The number of benzene rings is 1. The summed E-state index contributed by atoms with van der Waals surface area (Å²) in [6.07, 6.45) is 0.665. The summed E-state index contributed by atoms with van der Waals surface area (Å²) >= 11 is 0. The van der Waals surface area contributed by atoms with Crippen molar-refractivity contribution in [2.45, 2.75) is 44.1 Å². The van der Waals surface area contributed by atoms with E-state index in [1.807, 2.05) is 0 Å². The van der Waals surface area contributed by atoms with E-state index in [2.05, 4.69) is 10.1 Å². The SMILES string of the molecule is O=C(c1cc2nc(C3CC3)cc(C(F)F)n2n1)N1CCC[C@@H]1c1cccc(F)c1. The Bertz CT molecular complexity index is 1090. The summed E-state index contributed by atoms with van der Waals surface area (Å²) in [6.45, 7) is 0.510. The molecule has 8 heteroatoms. The van der Waals surface area contributed by atoms with E-state index in [1.54, 1.807) is 17.0 Å². The number of nitrogens with zero attached hydrogens (tertiary/aromatic N) is 4. The van der Waals surface area contributed by atoms with Crippen molar-refractivity contribution >= 4 is 11.6 Å². The molecular formula is C21H19F3N4O. The van der Waals surface area contributed by atoms with Crippen LogP contribution >= 0.6 is 0 Å². The van der Waals surface area contributed by atoms with E-state index in [0.29, 0.717) is 12.2 Å². The average Bonchev–Trinajstić information content (AvgIpc) is 3.27. The van der Waals surface area contributed by atoms with Gasteiger partial charge in [-0.05, 0) is 49.4 Å². The fourth-order valence-electron chi connectivity index (χ4n) is 4.08. The van der Waals surface area contributed by atoms with Gasteiger partial charge in [-0.25, -0.2) is 22.7 Å². The molecule has 1 atom stereocenters. The van der Waals surface area contributed by atoms with E-state index >= 15 is 0 Å². The molecule has 5 rings (SSSR count). The normalized spacial score (nSPS) is 19.4. The molecule has 5 nitrogen and oxygen atoms in total. The van der Waals surface area contributed by atoms with Crippen molar-refractivity contribution in [1.29, 1.82) is 0 Å². The first kappa shape index (κ1) is 18.1. The van der Waals surface area contributed by atoms with Gasteiger partial charge in [-0.3, -0.25) is 4.79 Å². The number of carbonyl (C=O) groups excluding carboxylic acids is 1. The number of hydrogen-bond donors (Lipinski definition) is 0. The minimum atomic E-state index is -2.72. The molecule has 1 amide bonds. The number of likely N-dealkylation sites (tertiary alicyclic amines) is 1. The maximum atomic E-state index is 13.6. The number of amides is 1. The quantitative estimate of drug-likeness (QED) is 0.640. The van der Waals surface area contributed by atoms with Crippen LogP contribution < -0.4 is 0 Å². The molecule has 29 heavy (non-hydrogen) atoms. The summed E-state index contributed by atoms with van der Waals surface area (Å²) in [4.78, 5) is 19.2. The van der Waals surface area contributed by atoms with Crippen molar-refractivity contribution in [2.75, 3.05) is 6.54 Å². The fraction of sp³-hybridized carbons (Fsp3) is 0.381. The highest BCUT2D eigenvalue weighted by molar-refractivity contribution is 5.93. The van der Waals surface area contributed by atoms with E-state index < -0.39 is 6.43 Å². The molecule has 2 fully saturated rings. The number of alkyl halides is 2. The van der Waals surface area contributed by atoms with Gasteiger partial charge >= 0.3 is 0 Å². The van der Waals surface area contributed by atoms with Gasteiger partial charge < -0.3 is 4.90 Å². The van der Waals surface area contributed by atoms with E-state index in [-0.39, 0.29) is 40.7 Å². The zero-order valence-corrected chi connectivity index (χ0v) is 15.6. The van der Waals surface area contributed by atoms with Gasteiger partial charge in [-0.1, -0.05) is 12.1 Å². The van der Waals surface area contributed by atoms with Crippen molar-refractivity contribution in [2.24, 2.45) is 0 Å². The van der Waals surface area contributed by atoms with Crippen LogP contribution in [0.1, 0.15) is 71.5 Å². The molecule has 0 N–H and O–H groups in total. The summed E-state index contributed by atoms with van der Waals surface area (Å²) in [5.74, 6) is -0.495. The summed E-state index contributed by atoms with van der Waals surface area (Å²) in [6, 6.07) is 8.81. The van der Waals surface area contributed by atoms with Crippen LogP contribution in [-0.2, 0) is 0 Å². The van der Waals surface area contributed by atoms with Gasteiger partial charge in [0.15, 0.2) is 11.3 Å². The molecule has 1 aliphatic carbocycles. The molecule has 1 aliphatic heterocycles. The highest BCUT2D eigenvalue weighted by atomic mass is 19.3. The lowest BCUT2D eigenvalue weighted by molar-refractivity contribution is 0.0728. The lowest BCUT2D eigenvalue weighted by atomic mass is 10.0. The second-order valence-electron chi connectivity index (χ2n) is 7.69. The molecule has 0 radical (unpaired) electrons. The van der Waals surface area contributed by atoms with Gasteiger partial charge in [0.1, 0.15) is 11.5 Å². The molecule has 1 saturated carbocycles. The topological polar surface area (TPSA) is 50.5 Å². The van der Waals surface area contributed by atoms with Crippen molar-refractivity contribution in [3.05, 3.63) is 64.9 Å². The summed E-state index contributed by atoms with van der Waals surface area (Å²) < 4.78 is 41.9. The van der Waals surface area contributed by atoms with Crippen LogP contribution in [0.25, 0.3) is 5.65 Å². The number of rotatable bonds is 4. The highest BCUT2D eigenvalue weighted by Crippen LogP contribution is 2.40. The van der Waals surface area contributed by atoms with E-state index in [9.17, 15) is 18.0 Å². The second kappa shape index (κ2) is 6.86. The van der Waals surface area contributed by atoms with Crippen LogP contribution in [0.3, 0.4) is 0 Å². The van der Waals surface area contributed by atoms with Crippen molar-refractivity contribution in [3.63, 3.8) is 0 Å². The number of aromatic nitrogens is 3. The van der Waals surface area contributed by atoms with Gasteiger partial charge in [0, 0.05) is 24.2 Å². The highest BCUT2D eigenvalue weighted by Gasteiger charge is 2.33. The summed E-state index contributed by atoms with van der Waals surface area (Å²) in [5.41, 5.74) is 1.44. The van der Waals surface area contributed by atoms with E-state index in [1.165, 1.54) is 24.3 Å². The van der Waals surface area contributed by atoms with Crippen LogP contribution in [0.4, 0.5) is 13.2 Å². The molecule has 1 saturated heterocycles. The molecule has 3 heterocycles. The number of halogens is 3. The first-order chi connectivity index (χ1) is 14.0. The third-order valence-electron chi connectivity index (χ3n) is 5.66. The second-order valence-corrected chi connectivity index (χ2v) is 7.69. The van der Waals surface area contributed by atoms with E-state index in [4.69, 9.17) is 0 Å². The Morgan fingerprint density at radius 1 is 1.14 bits per heavy atom. The Hall–Kier alpha value is -2.90. The van der Waals surface area contributed by atoms with Crippen LogP contribution in [0, 0.1) is 5.82 Å². The van der Waals surface area contributed by atoms with Crippen LogP contribution in [-0.4, -0.2) is 31.9 Å². The molecule has 0 unspecified atom stereocenters. The first-order valence-electron chi connectivity index (χ1n) is 9.76. The zero-order valence-electron chi connectivity index (χ0n) is 15.6. The molecule has 3 aromatic rings. The molecule has 1 aromatic carbocycles. The first-order valence-corrected chi connectivity index (χ1v) is 9.76. The summed E-state index contributed by atoms with van der Waals surface area (Å²) in [7, 11) is 0. The van der Waals surface area contributed by atoms with Crippen molar-refractivity contribution in [3.8, 4) is 0 Å². The standard InChI is InChI=1S/C21H19F3N4O/c22-14-4-1-3-13(9-14)17-5-2-8-27(17)21(29)16-11-19-25-15(12-6-7-12)10-18(20(23)24)28(19)26-16/h1,3-4,9-12,17,20H,2,5-8H2/t17-/m1/s1. The summed E-state index contributed by atoms with van der Waals surface area (Å²) in [5, 5.41) is 4.15. The minimum Gasteiger partial charge on any atom is -0.330 e. The number of fused-ring (bicyclic) bond motifs is 1. The predicted octanol–water partition coefficient (Wildman–Crippen LogP) is 4.66. The Morgan fingerprint density at radius 2 is 1.97 bits per heavy atom. The van der Waals surface area contributed by atoms with Crippen LogP contribution in [0.15, 0.2) is 36.4 Å². The van der Waals surface area contributed by atoms with Gasteiger partial charge in [0.05, 0.1) is 6.04 Å². The average molecular weight is 400 g/mol. The maximum absolute atomic E-state index is 13.6. The van der Waals surface area contributed by atoms with Crippen molar-refractivity contribution < 1.29 is 18.0 Å². The predicted molar refractivity (Wildman–Crippen MR) is 99.3 cm³/mol. The third kappa shape index (κ3) is 3.26. The number of hydrogen-bond acceptors (Lipinski definition) is 3. The van der Waals surface area contributed by atoms with Gasteiger partial charge in [-0.2, -0.15) is 5.10 Å². The van der Waals surface area contributed by atoms with Crippen LogP contribution in [0.2, 0.25) is 0 Å². The molecular weight excluding hydrogens is 381 g/mol. The fourth-order valence-corrected chi connectivity index (χ4v) is 4.08. The Balaban J connectivity index is 1.51. The smallest absolute Gasteiger partial charge is 0.280 e. The lowest BCUT2D eigenvalue weighted by Gasteiger charge is -2.24. The molecule has 2 aromatic heterocycles. The zero-order chi connectivity index (χ0) is 20.1. The monoisotopic (exact) mass is 400 g/mol. The Labute approximate surface area is 165 Å². The Kier molecular flexibility index (Phi) is 4.29. The molecule has 0 bridgehead atoms. The lowest BCUT2D eigenvalue weighted by Crippen LogP contribution is -2.31. The van der Waals surface area contributed by atoms with E-state index in [0.717, 1.165) is 35.8 Å². The molecule has 2 aliphatic rings. The molecule has 150 valence electrons. The van der Waals surface area contributed by atoms with Gasteiger partial charge in [0.2, 0.25) is 0 Å². The molecule has 0 spiro atoms. The van der Waals surface area contributed by atoms with Crippen molar-refractivity contribution in [1.82, 2.24) is 19.5 Å². The van der Waals surface area contributed by atoms with Gasteiger partial charge in [0.25, 0.3) is 12.3 Å². The Morgan fingerprint density at radius 3 is 2.69 bits per heavy atom. The van der Waals surface area contributed by atoms with Gasteiger partial charge in [-0.15, -0.1) is 0 Å². The minimum absolute atomic E-state index is 0.0793.